The molecule has 2 aromatic rings. The van der Waals surface area contributed by atoms with Gasteiger partial charge in [-0.15, -0.1) is 0 Å². The molecule has 14 heavy (non-hydrogen) atoms. The Balaban J connectivity index is 2.54. The summed E-state index contributed by atoms with van der Waals surface area (Å²) < 4.78 is 0. The second kappa shape index (κ2) is 3.64. The number of hydrogen-bond acceptors (Lipinski definition) is 2. The SMILES string of the molecule is O=c1[nH]c(-c2cccnc2)ccc1Cl. The molecule has 2 rings (SSSR count). The van der Waals surface area contributed by atoms with Crippen LogP contribution in [0.4, 0.5) is 0 Å². The zero-order chi connectivity index (χ0) is 9.97. The summed E-state index contributed by atoms with van der Waals surface area (Å²) in [4.78, 5) is 17.8. The summed E-state index contributed by atoms with van der Waals surface area (Å²) in [5, 5.41) is 0.192. The summed E-state index contributed by atoms with van der Waals surface area (Å²) >= 11 is 5.61. The lowest BCUT2D eigenvalue weighted by Crippen LogP contribution is -2.06. The molecule has 0 saturated heterocycles. The molecule has 0 bridgehead atoms. The lowest BCUT2D eigenvalue weighted by molar-refractivity contribution is 1.22. The third kappa shape index (κ3) is 1.67. The summed E-state index contributed by atoms with van der Waals surface area (Å²) in [5.74, 6) is 0. The normalized spacial score (nSPS) is 10.1. The number of nitrogens with zero attached hydrogens (tertiary/aromatic N) is 1. The van der Waals surface area contributed by atoms with Crippen LogP contribution in [0.3, 0.4) is 0 Å². The summed E-state index contributed by atoms with van der Waals surface area (Å²) in [7, 11) is 0. The van der Waals surface area contributed by atoms with E-state index in [9.17, 15) is 4.79 Å². The van der Waals surface area contributed by atoms with E-state index < -0.39 is 0 Å². The van der Waals surface area contributed by atoms with E-state index in [1.165, 1.54) is 0 Å². The van der Waals surface area contributed by atoms with Crippen molar-refractivity contribution in [2.75, 3.05) is 0 Å². The molecule has 0 amide bonds. The van der Waals surface area contributed by atoms with Crippen LogP contribution in [0.1, 0.15) is 0 Å². The van der Waals surface area contributed by atoms with Gasteiger partial charge in [0.25, 0.3) is 5.56 Å². The highest BCUT2D eigenvalue weighted by Gasteiger charge is 2.00. The second-order valence-electron chi connectivity index (χ2n) is 2.79. The molecular formula is C10H7ClN2O. The van der Waals surface area contributed by atoms with E-state index in [4.69, 9.17) is 11.6 Å². The molecule has 4 heteroatoms. The minimum Gasteiger partial charge on any atom is -0.321 e. The number of hydrogen-bond donors (Lipinski definition) is 1. The van der Waals surface area contributed by atoms with Crippen LogP contribution in [-0.2, 0) is 0 Å². The van der Waals surface area contributed by atoms with Gasteiger partial charge in [-0.25, -0.2) is 0 Å². The fourth-order valence-corrected chi connectivity index (χ4v) is 1.26. The van der Waals surface area contributed by atoms with Crippen LogP contribution in [0, 0.1) is 0 Å². The minimum atomic E-state index is -0.284. The lowest BCUT2D eigenvalue weighted by atomic mass is 10.2. The fraction of sp³-hybridized carbons (Fsp3) is 0. The maximum atomic E-state index is 11.2. The minimum absolute atomic E-state index is 0.192. The van der Waals surface area contributed by atoms with Gasteiger partial charge in [0.15, 0.2) is 0 Å². The van der Waals surface area contributed by atoms with Gasteiger partial charge in [-0.3, -0.25) is 9.78 Å². The zero-order valence-corrected chi connectivity index (χ0v) is 7.95. The van der Waals surface area contributed by atoms with Crippen LogP contribution >= 0.6 is 11.6 Å². The Morgan fingerprint density at radius 1 is 1.29 bits per heavy atom. The average molecular weight is 207 g/mol. The monoisotopic (exact) mass is 206 g/mol. The lowest BCUT2D eigenvalue weighted by Gasteiger charge is -1.99. The second-order valence-corrected chi connectivity index (χ2v) is 3.20. The van der Waals surface area contributed by atoms with Crippen LogP contribution in [-0.4, -0.2) is 9.97 Å². The highest BCUT2D eigenvalue weighted by molar-refractivity contribution is 6.30. The average Bonchev–Trinajstić information content (AvgIpc) is 2.23. The highest BCUT2D eigenvalue weighted by Crippen LogP contribution is 2.14. The first-order valence-corrected chi connectivity index (χ1v) is 4.44. The molecule has 0 fully saturated rings. The fourth-order valence-electron chi connectivity index (χ4n) is 1.15. The van der Waals surface area contributed by atoms with Crippen LogP contribution in [0.2, 0.25) is 5.02 Å². The van der Waals surface area contributed by atoms with Gasteiger partial charge in [-0.2, -0.15) is 0 Å². The van der Waals surface area contributed by atoms with Crippen molar-refractivity contribution in [2.45, 2.75) is 0 Å². The molecule has 1 N–H and O–H groups in total. The van der Waals surface area contributed by atoms with Crippen molar-refractivity contribution in [1.82, 2.24) is 9.97 Å². The Hall–Kier alpha value is -1.61. The van der Waals surface area contributed by atoms with Crippen LogP contribution in [0.15, 0.2) is 41.5 Å². The first-order valence-electron chi connectivity index (χ1n) is 4.06. The molecule has 0 radical (unpaired) electrons. The highest BCUT2D eigenvalue weighted by atomic mass is 35.5. The van der Waals surface area contributed by atoms with Crippen molar-refractivity contribution in [2.24, 2.45) is 0 Å². The van der Waals surface area contributed by atoms with Crippen LogP contribution in [0.25, 0.3) is 11.3 Å². The van der Waals surface area contributed by atoms with Crippen molar-refractivity contribution >= 4 is 11.6 Å². The number of aromatic nitrogens is 2. The Morgan fingerprint density at radius 3 is 2.79 bits per heavy atom. The van der Waals surface area contributed by atoms with Crippen molar-refractivity contribution in [1.29, 1.82) is 0 Å². The van der Waals surface area contributed by atoms with E-state index >= 15 is 0 Å². The zero-order valence-electron chi connectivity index (χ0n) is 7.20. The number of nitrogens with one attached hydrogen (secondary N) is 1. The first-order chi connectivity index (χ1) is 6.77. The summed E-state index contributed by atoms with van der Waals surface area (Å²) in [6.07, 6.45) is 3.36. The summed E-state index contributed by atoms with van der Waals surface area (Å²) in [6.45, 7) is 0. The molecule has 0 saturated carbocycles. The number of aromatic amines is 1. The first kappa shape index (κ1) is 8.97. The molecule has 0 spiro atoms. The van der Waals surface area contributed by atoms with Crippen LogP contribution < -0.4 is 5.56 Å². The van der Waals surface area contributed by atoms with Crippen molar-refractivity contribution in [3.8, 4) is 11.3 Å². The van der Waals surface area contributed by atoms with E-state index in [2.05, 4.69) is 9.97 Å². The molecule has 0 aliphatic heterocycles. The third-order valence-electron chi connectivity index (χ3n) is 1.83. The number of rotatable bonds is 1. The molecule has 3 nitrogen and oxygen atoms in total. The molecule has 0 aliphatic rings. The Labute approximate surface area is 85.4 Å². The number of H-pyrrole nitrogens is 1. The summed E-state index contributed by atoms with van der Waals surface area (Å²) in [6, 6.07) is 7.00. The molecule has 0 aromatic carbocycles. The van der Waals surface area contributed by atoms with Gasteiger partial charge < -0.3 is 4.98 Å². The van der Waals surface area contributed by atoms with Gasteiger partial charge in [0.2, 0.25) is 0 Å². The quantitative estimate of drug-likeness (QED) is 0.777. The Morgan fingerprint density at radius 2 is 2.14 bits per heavy atom. The topological polar surface area (TPSA) is 45.8 Å². The van der Waals surface area contributed by atoms with Gasteiger partial charge in [-0.1, -0.05) is 11.6 Å². The van der Waals surface area contributed by atoms with Gasteiger partial charge in [0, 0.05) is 23.7 Å². The van der Waals surface area contributed by atoms with E-state index in [-0.39, 0.29) is 10.6 Å². The van der Waals surface area contributed by atoms with E-state index in [0.29, 0.717) is 5.69 Å². The third-order valence-corrected chi connectivity index (χ3v) is 2.13. The maximum absolute atomic E-state index is 11.2. The molecule has 0 aliphatic carbocycles. The van der Waals surface area contributed by atoms with Crippen molar-refractivity contribution in [3.63, 3.8) is 0 Å². The van der Waals surface area contributed by atoms with Gasteiger partial charge in [0.1, 0.15) is 5.02 Å². The standard InChI is InChI=1S/C10H7ClN2O/c11-8-3-4-9(13-10(8)14)7-2-1-5-12-6-7/h1-6H,(H,13,14). The predicted molar refractivity (Wildman–Crippen MR) is 55.3 cm³/mol. The maximum Gasteiger partial charge on any atom is 0.267 e. The molecule has 0 atom stereocenters. The number of halogens is 1. The molecule has 70 valence electrons. The largest absolute Gasteiger partial charge is 0.321 e. The van der Waals surface area contributed by atoms with Crippen molar-refractivity contribution < 1.29 is 0 Å². The van der Waals surface area contributed by atoms with E-state index in [0.717, 1.165) is 5.56 Å². The Bertz CT molecular complexity index is 493. The Kier molecular flexibility index (Phi) is 2.33. The molecule has 2 heterocycles. The van der Waals surface area contributed by atoms with Crippen molar-refractivity contribution in [3.05, 3.63) is 52.0 Å². The number of pyridine rings is 2. The molecule has 2 aromatic heterocycles. The van der Waals surface area contributed by atoms with Crippen LogP contribution in [0.5, 0.6) is 0 Å². The van der Waals surface area contributed by atoms with Gasteiger partial charge >= 0.3 is 0 Å². The molecule has 0 unspecified atom stereocenters. The predicted octanol–water partition coefficient (Wildman–Crippen LogP) is 2.09. The van der Waals surface area contributed by atoms with E-state index in [1.54, 1.807) is 24.5 Å². The smallest absolute Gasteiger partial charge is 0.267 e. The van der Waals surface area contributed by atoms with E-state index in [1.807, 2.05) is 12.1 Å². The summed E-state index contributed by atoms with van der Waals surface area (Å²) in [5.41, 5.74) is 1.29. The molecular weight excluding hydrogens is 200 g/mol. The van der Waals surface area contributed by atoms with Gasteiger partial charge in [0.05, 0.1) is 0 Å². The van der Waals surface area contributed by atoms with Gasteiger partial charge in [-0.05, 0) is 24.3 Å².